The van der Waals surface area contributed by atoms with Gasteiger partial charge in [-0.3, -0.25) is 9.59 Å². The van der Waals surface area contributed by atoms with E-state index >= 15 is 0 Å². The first-order valence-electron chi connectivity index (χ1n) is 7.33. The molecule has 1 atom stereocenters. The first-order chi connectivity index (χ1) is 10.5. The standard InChI is InChI=1S/C17H18N2O2S/c1-10(20)12-8-16(22-9-12)17(21)19-15-4-2-3-11-7-13(18)5-6-14(11)15/h5-9,15H,2-4,18H2,1H3,(H,19,21). The van der Waals surface area contributed by atoms with E-state index in [1.165, 1.54) is 23.8 Å². The Kier molecular flexibility index (Phi) is 3.98. The average Bonchev–Trinajstić information content (AvgIpc) is 2.97. The topological polar surface area (TPSA) is 72.2 Å². The number of nitrogen functional groups attached to an aromatic ring is 1. The zero-order valence-electron chi connectivity index (χ0n) is 12.4. The molecule has 1 aliphatic rings. The van der Waals surface area contributed by atoms with E-state index in [9.17, 15) is 9.59 Å². The van der Waals surface area contributed by atoms with Gasteiger partial charge in [-0.05, 0) is 55.5 Å². The second-order valence-corrected chi connectivity index (χ2v) is 6.54. The summed E-state index contributed by atoms with van der Waals surface area (Å²) in [5.74, 6) is -0.138. The largest absolute Gasteiger partial charge is 0.399 e. The van der Waals surface area contributed by atoms with E-state index in [1.54, 1.807) is 11.4 Å². The maximum atomic E-state index is 12.4. The quantitative estimate of drug-likeness (QED) is 0.674. The van der Waals surface area contributed by atoms with Gasteiger partial charge in [-0.15, -0.1) is 11.3 Å². The Morgan fingerprint density at radius 2 is 2.14 bits per heavy atom. The van der Waals surface area contributed by atoms with E-state index in [2.05, 4.69) is 5.32 Å². The van der Waals surface area contributed by atoms with Crippen molar-refractivity contribution in [2.45, 2.75) is 32.2 Å². The van der Waals surface area contributed by atoms with Gasteiger partial charge in [0.1, 0.15) is 0 Å². The Balaban J connectivity index is 1.79. The minimum atomic E-state index is -0.118. The number of Topliss-reactive ketones (excluding diaryl/α,β-unsaturated/α-hetero) is 1. The highest BCUT2D eigenvalue weighted by Gasteiger charge is 2.23. The van der Waals surface area contributed by atoms with Crippen molar-refractivity contribution in [3.63, 3.8) is 0 Å². The van der Waals surface area contributed by atoms with Crippen LogP contribution >= 0.6 is 11.3 Å². The lowest BCUT2D eigenvalue weighted by atomic mass is 9.87. The highest BCUT2D eigenvalue weighted by molar-refractivity contribution is 7.12. The Labute approximate surface area is 133 Å². The summed E-state index contributed by atoms with van der Waals surface area (Å²) in [5, 5.41) is 4.81. The van der Waals surface area contributed by atoms with Crippen molar-refractivity contribution in [3.05, 3.63) is 51.2 Å². The summed E-state index contributed by atoms with van der Waals surface area (Å²) in [5.41, 5.74) is 9.55. The number of fused-ring (bicyclic) bond motifs is 1. The van der Waals surface area contributed by atoms with Crippen LogP contribution in [0.2, 0.25) is 0 Å². The molecule has 0 saturated heterocycles. The minimum absolute atomic E-state index is 0.0136. The predicted octanol–water partition coefficient (Wildman–Crippen LogP) is 3.34. The van der Waals surface area contributed by atoms with E-state index < -0.39 is 0 Å². The Hall–Kier alpha value is -2.14. The lowest BCUT2D eigenvalue weighted by molar-refractivity contribution is 0.0937. The van der Waals surface area contributed by atoms with Crippen molar-refractivity contribution >= 4 is 28.7 Å². The van der Waals surface area contributed by atoms with Crippen molar-refractivity contribution in [1.29, 1.82) is 0 Å². The fourth-order valence-electron chi connectivity index (χ4n) is 2.85. The first kappa shape index (κ1) is 14.8. The van der Waals surface area contributed by atoms with Gasteiger partial charge in [-0.1, -0.05) is 6.07 Å². The number of anilines is 1. The molecule has 1 aliphatic carbocycles. The molecule has 1 aromatic heterocycles. The lowest BCUT2D eigenvalue weighted by Gasteiger charge is -2.26. The molecule has 0 bridgehead atoms. The lowest BCUT2D eigenvalue weighted by Crippen LogP contribution is -2.30. The molecule has 5 heteroatoms. The molecule has 1 amide bonds. The van der Waals surface area contributed by atoms with Crippen molar-refractivity contribution in [3.8, 4) is 0 Å². The molecule has 1 unspecified atom stereocenters. The number of nitrogens with two attached hydrogens (primary N) is 1. The fraction of sp³-hybridized carbons (Fsp3) is 0.294. The van der Waals surface area contributed by atoms with Gasteiger partial charge in [-0.25, -0.2) is 0 Å². The number of ketones is 1. The molecule has 4 nitrogen and oxygen atoms in total. The number of nitrogens with one attached hydrogen (secondary N) is 1. The smallest absolute Gasteiger partial charge is 0.261 e. The number of hydrogen-bond acceptors (Lipinski definition) is 4. The number of benzene rings is 1. The second-order valence-electron chi connectivity index (χ2n) is 5.63. The van der Waals surface area contributed by atoms with E-state index in [-0.39, 0.29) is 17.7 Å². The van der Waals surface area contributed by atoms with Crippen LogP contribution in [-0.2, 0) is 6.42 Å². The fourth-order valence-corrected chi connectivity index (χ4v) is 3.70. The monoisotopic (exact) mass is 314 g/mol. The second kappa shape index (κ2) is 5.93. The molecule has 3 N–H and O–H groups in total. The summed E-state index contributed by atoms with van der Waals surface area (Å²) in [6.45, 7) is 1.51. The molecule has 0 radical (unpaired) electrons. The Morgan fingerprint density at radius 3 is 2.86 bits per heavy atom. The van der Waals surface area contributed by atoms with E-state index in [0.29, 0.717) is 10.4 Å². The van der Waals surface area contributed by atoms with E-state index in [4.69, 9.17) is 5.73 Å². The number of carbonyl (C=O) groups is 2. The van der Waals surface area contributed by atoms with Gasteiger partial charge >= 0.3 is 0 Å². The van der Waals surface area contributed by atoms with Crippen molar-refractivity contribution < 1.29 is 9.59 Å². The summed E-state index contributed by atoms with van der Waals surface area (Å²) in [6.07, 6.45) is 2.96. The summed E-state index contributed by atoms with van der Waals surface area (Å²) < 4.78 is 0. The van der Waals surface area contributed by atoms with Crippen molar-refractivity contribution in [1.82, 2.24) is 5.32 Å². The van der Waals surface area contributed by atoms with Crippen LogP contribution in [0.4, 0.5) is 5.69 Å². The third-order valence-electron chi connectivity index (χ3n) is 4.02. The zero-order chi connectivity index (χ0) is 15.7. The molecular weight excluding hydrogens is 296 g/mol. The van der Waals surface area contributed by atoms with Gasteiger partial charge in [0.15, 0.2) is 5.78 Å². The number of hydrogen-bond donors (Lipinski definition) is 2. The molecule has 2 aromatic rings. The van der Waals surface area contributed by atoms with Crippen LogP contribution in [0.25, 0.3) is 0 Å². The molecular formula is C17H18N2O2S. The minimum Gasteiger partial charge on any atom is -0.399 e. The summed E-state index contributed by atoms with van der Waals surface area (Å²) in [7, 11) is 0. The zero-order valence-corrected chi connectivity index (χ0v) is 13.2. The molecule has 0 saturated carbocycles. The highest BCUT2D eigenvalue weighted by atomic mass is 32.1. The normalized spacial score (nSPS) is 16.9. The van der Waals surface area contributed by atoms with Gasteiger partial charge < -0.3 is 11.1 Å². The van der Waals surface area contributed by atoms with Crippen molar-refractivity contribution in [2.75, 3.05) is 5.73 Å². The van der Waals surface area contributed by atoms with Gasteiger partial charge in [0, 0.05) is 16.6 Å². The number of rotatable bonds is 3. The number of thiophene rings is 1. The molecule has 3 rings (SSSR count). The molecule has 114 valence electrons. The summed E-state index contributed by atoms with van der Waals surface area (Å²) >= 11 is 1.31. The molecule has 1 heterocycles. The van der Waals surface area contributed by atoms with Gasteiger partial charge in [0.05, 0.1) is 10.9 Å². The third-order valence-corrected chi connectivity index (χ3v) is 4.95. The van der Waals surface area contributed by atoms with Crippen molar-refractivity contribution in [2.24, 2.45) is 0 Å². The van der Waals surface area contributed by atoms with Crippen LogP contribution in [-0.4, -0.2) is 11.7 Å². The SMILES string of the molecule is CC(=O)c1csc(C(=O)NC2CCCc3cc(N)ccc32)c1. The first-order valence-corrected chi connectivity index (χ1v) is 8.21. The van der Waals surface area contributed by atoms with Crippen LogP contribution in [0.1, 0.15) is 57.0 Å². The van der Waals surface area contributed by atoms with Crippen LogP contribution in [0.3, 0.4) is 0 Å². The van der Waals surface area contributed by atoms with Gasteiger partial charge in [0.2, 0.25) is 0 Å². The number of aryl methyl sites for hydroxylation is 1. The molecule has 0 spiro atoms. The van der Waals surface area contributed by atoms with Crippen LogP contribution < -0.4 is 11.1 Å². The van der Waals surface area contributed by atoms with E-state index in [1.807, 2.05) is 18.2 Å². The van der Waals surface area contributed by atoms with Crippen LogP contribution in [0.15, 0.2) is 29.6 Å². The molecule has 0 fully saturated rings. The maximum Gasteiger partial charge on any atom is 0.261 e. The Bertz CT molecular complexity index is 736. The highest BCUT2D eigenvalue weighted by Crippen LogP contribution is 2.31. The molecule has 0 aliphatic heterocycles. The number of carbonyl (C=O) groups excluding carboxylic acids is 2. The molecule has 22 heavy (non-hydrogen) atoms. The van der Waals surface area contributed by atoms with Gasteiger partial charge in [-0.2, -0.15) is 0 Å². The van der Waals surface area contributed by atoms with E-state index in [0.717, 1.165) is 30.5 Å². The average molecular weight is 314 g/mol. The maximum absolute atomic E-state index is 12.4. The third kappa shape index (κ3) is 2.90. The predicted molar refractivity (Wildman–Crippen MR) is 88.3 cm³/mol. The molecule has 1 aromatic carbocycles. The summed E-state index contributed by atoms with van der Waals surface area (Å²) in [6, 6.07) is 7.55. The van der Waals surface area contributed by atoms with Crippen LogP contribution in [0, 0.1) is 0 Å². The van der Waals surface area contributed by atoms with Crippen LogP contribution in [0.5, 0.6) is 0 Å². The van der Waals surface area contributed by atoms with Gasteiger partial charge in [0.25, 0.3) is 5.91 Å². The summed E-state index contributed by atoms with van der Waals surface area (Å²) in [4.78, 5) is 24.3. The number of amides is 1. The Morgan fingerprint density at radius 1 is 1.32 bits per heavy atom.